The van der Waals surface area contributed by atoms with Crippen LogP contribution in [0.3, 0.4) is 0 Å². The molecule has 0 aliphatic heterocycles. The Bertz CT molecular complexity index is 936. The minimum Gasteiger partial charge on any atom is -0.495 e. The fraction of sp³-hybridized carbons (Fsp3) is 0.654. The van der Waals surface area contributed by atoms with Crippen molar-refractivity contribution in [3.05, 3.63) is 18.2 Å². The highest BCUT2D eigenvalue weighted by atomic mass is 16.6. The molecule has 4 aliphatic rings. The molecule has 1 aromatic carbocycles. The van der Waals surface area contributed by atoms with Gasteiger partial charge in [0.05, 0.1) is 12.8 Å². The Morgan fingerprint density at radius 1 is 1.00 bits per heavy atom. The molecule has 5 rings (SSSR count). The van der Waals surface area contributed by atoms with E-state index in [-0.39, 0.29) is 30.4 Å². The van der Waals surface area contributed by atoms with Gasteiger partial charge in [-0.3, -0.25) is 10.1 Å². The van der Waals surface area contributed by atoms with Crippen molar-refractivity contribution in [2.24, 2.45) is 17.8 Å². The van der Waals surface area contributed by atoms with Gasteiger partial charge in [-0.15, -0.1) is 0 Å². The average molecular weight is 487 g/mol. The second kappa shape index (κ2) is 9.95. The summed E-state index contributed by atoms with van der Waals surface area (Å²) in [6.07, 6.45) is 6.75. The number of carbonyl (C=O) groups excluding carboxylic acids is 3. The summed E-state index contributed by atoms with van der Waals surface area (Å²) in [6, 6.07) is 4.75. The third kappa shape index (κ3) is 6.58. The molecule has 0 saturated heterocycles. The monoisotopic (exact) mass is 486 g/mol. The first kappa shape index (κ1) is 25.1. The molecule has 0 aromatic heterocycles. The van der Waals surface area contributed by atoms with Crippen LogP contribution in [0, 0.1) is 17.8 Å². The second-order valence-electron chi connectivity index (χ2n) is 11.4. The Balaban J connectivity index is 1.24. The van der Waals surface area contributed by atoms with Crippen LogP contribution in [0.1, 0.15) is 65.7 Å². The Labute approximate surface area is 207 Å². The predicted octanol–water partition coefficient (Wildman–Crippen LogP) is 4.64. The van der Waals surface area contributed by atoms with Gasteiger partial charge < -0.3 is 25.4 Å². The zero-order valence-corrected chi connectivity index (χ0v) is 21.2. The van der Waals surface area contributed by atoms with Crippen LogP contribution in [0.2, 0.25) is 0 Å². The first-order valence-corrected chi connectivity index (χ1v) is 12.6. The number of rotatable bonds is 7. The number of carbonyl (C=O) groups is 3. The smallest absolute Gasteiger partial charge is 0.412 e. The molecule has 192 valence electrons. The van der Waals surface area contributed by atoms with Gasteiger partial charge in [0, 0.05) is 24.2 Å². The zero-order valence-electron chi connectivity index (χ0n) is 21.2. The van der Waals surface area contributed by atoms with Crippen LogP contribution in [-0.4, -0.2) is 42.8 Å². The Hall–Kier alpha value is -2.97. The van der Waals surface area contributed by atoms with Crippen molar-refractivity contribution < 1.29 is 23.9 Å². The third-order valence-electron chi connectivity index (χ3n) is 7.17. The summed E-state index contributed by atoms with van der Waals surface area (Å²) in [6.45, 7) is 5.57. The number of benzene rings is 1. The van der Waals surface area contributed by atoms with Gasteiger partial charge in [0.25, 0.3) is 0 Å². The summed E-state index contributed by atoms with van der Waals surface area (Å²) >= 11 is 0. The van der Waals surface area contributed by atoms with Crippen LogP contribution in [0.15, 0.2) is 18.2 Å². The molecule has 35 heavy (non-hydrogen) atoms. The molecule has 9 heteroatoms. The van der Waals surface area contributed by atoms with Crippen LogP contribution >= 0.6 is 0 Å². The van der Waals surface area contributed by atoms with Crippen LogP contribution in [0.5, 0.6) is 5.75 Å². The maximum Gasteiger partial charge on any atom is 0.412 e. The van der Waals surface area contributed by atoms with Gasteiger partial charge in [-0.2, -0.15) is 0 Å². The van der Waals surface area contributed by atoms with Crippen LogP contribution in [0.4, 0.5) is 21.0 Å². The van der Waals surface area contributed by atoms with Gasteiger partial charge in [-0.05, 0) is 95.2 Å². The molecule has 4 saturated carbocycles. The maximum atomic E-state index is 12.6. The van der Waals surface area contributed by atoms with Crippen molar-refractivity contribution >= 4 is 29.4 Å². The predicted molar refractivity (Wildman–Crippen MR) is 134 cm³/mol. The lowest BCUT2D eigenvalue weighted by atomic mass is 9.53. The van der Waals surface area contributed by atoms with Crippen molar-refractivity contribution in [3.8, 4) is 5.75 Å². The van der Waals surface area contributed by atoms with Crippen LogP contribution in [0.25, 0.3) is 0 Å². The molecule has 0 radical (unpaired) electrons. The van der Waals surface area contributed by atoms with Gasteiger partial charge in [-0.25, -0.2) is 9.59 Å². The van der Waals surface area contributed by atoms with Crippen molar-refractivity contribution in [1.82, 2.24) is 10.6 Å². The minimum atomic E-state index is -0.641. The van der Waals surface area contributed by atoms with E-state index >= 15 is 0 Å². The lowest BCUT2D eigenvalue weighted by Gasteiger charge is -2.56. The number of ether oxygens (including phenoxy) is 2. The molecule has 9 nitrogen and oxygen atoms in total. The fourth-order valence-electron chi connectivity index (χ4n) is 6.36. The molecule has 4 N–H and O–H groups in total. The van der Waals surface area contributed by atoms with E-state index < -0.39 is 11.7 Å². The third-order valence-corrected chi connectivity index (χ3v) is 7.17. The molecular formula is C26H38N4O5. The summed E-state index contributed by atoms with van der Waals surface area (Å²) in [7, 11) is 1.49. The van der Waals surface area contributed by atoms with E-state index in [0.717, 1.165) is 37.0 Å². The van der Waals surface area contributed by atoms with Crippen molar-refractivity contribution in [2.75, 3.05) is 24.3 Å². The average Bonchev–Trinajstić information content (AvgIpc) is 2.71. The molecule has 0 atom stereocenters. The standard InChI is InChI=1S/C26H38N4O5/c1-25(2,3)35-24(33)29-20-12-19(5-6-21(20)34-4)28-22(31)7-8-27-23(32)30-26-13-16-9-17(14-26)11-18(10-16)15-26/h5-6,12,16-18H,7-11,13-15H2,1-4H3,(H,28,31)(H,29,33)(H2,27,30,32). The molecular weight excluding hydrogens is 448 g/mol. The molecule has 4 bridgehead atoms. The topological polar surface area (TPSA) is 118 Å². The van der Waals surface area contributed by atoms with E-state index in [4.69, 9.17) is 9.47 Å². The molecule has 4 aliphatic carbocycles. The van der Waals surface area contributed by atoms with Gasteiger partial charge >= 0.3 is 12.1 Å². The summed E-state index contributed by atoms with van der Waals surface area (Å²) in [5.41, 5.74) is 0.187. The van der Waals surface area contributed by atoms with E-state index in [2.05, 4.69) is 21.3 Å². The molecule has 4 fully saturated rings. The van der Waals surface area contributed by atoms with Gasteiger partial charge in [0.15, 0.2) is 0 Å². The van der Waals surface area contributed by atoms with E-state index in [9.17, 15) is 14.4 Å². The van der Waals surface area contributed by atoms with E-state index in [0.29, 0.717) is 17.1 Å². The normalized spacial score (nSPS) is 26.6. The van der Waals surface area contributed by atoms with E-state index in [1.165, 1.54) is 26.4 Å². The number of anilines is 2. The number of hydrogen-bond donors (Lipinski definition) is 4. The quantitative estimate of drug-likeness (QED) is 0.448. The first-order chi connectivity index (χ1) is 16.5. The lowest BCUT2D eigenvalue weighted by molar-refractivity contribution is -0.116. The summed E-state index contributed by atoms with van der Waals surface area (Å²) in [5, 5.41) is 11.5. The van der Waals surface area contributed by atoms with Crippen molar-refractivity contribution in [2.45, 2.75) is 76.9 Å². The summed E-state index contributed by atoms with van der Waals surface area (Å²) in [4.78, 5) is 37.2. The van der Waals surface area contributed by atoms with Gasteiger partial charge in [0.1, 0.15) is 11.4 Å². The van der Waals surface area contributed by atoms with Crippen LogP contribution < -0.4 is 26.0 Å². The molecule has 4 amide bonds. The van der Waals surface area contributed by atoms with Crippen molar-refractivity contribution in [1.29, 1.82) is 0 Å². The maximum absolute atomic E-state index is 12.6. The minimum absolute atomic E-state index is 0.0538. The van der Waals surface area contributed by atoms with Crippen LogP contribution in [-0.2, 0) is 9.53 Å². The van der Waals surface area contributed by atoms with E-state index in [1.807, 2.05) is 0 Å². The Kier molecular flexibility index (Phi) is 7.15. The number of nitrogens with one attached hydrogen (secondary N) is 4. The van der Waals surface area contributed by atoms with Gasteiger partial charge in [-0.1, -0.05) is 0 Å². The summed E-state index contributed by atoms with van der Waals surface area (Å²) in [5.74, 6) is 2.47. The Morgan fingerprint density at radius 2 is 1.63 bits per heavy atom. The Morgan fingerprint density at radius 3 is 2.20 bits per heavy atom. The number of urea groups is 1. The van der Waals surface area contributed by atoms with Crippen molar-refractivity contribution in [3.63, 3.8) is 0 Å². The van der Waals surface area contributed by atoms with Gasteiger partial charge in [0.2, 0.25) is 5.91 Å². The zero-order chi connectivity index (χ0) is 25.2. The fourth-order valence-corrected chi connectivity index (χ4v) is 6.36. The van der Waals surface area contributed by atoms with E-state index in [1.54, 1.807) is 39.0 Å². The number of hydrogen-bond acceptors (Lipinski definition) is 5. The SMILES string of the molecule is COc1ccc(NC(=O)CCNC(=O)NC23CC4CC(CC(C4)C2)C3)cc1NC(=O)OC(C)(C)C. The second-order valence-corrected chi connectivity index (χ2v) is 11.4. The largest absolute Gasteiger partial charge is 0.495 e. The highest BCUT2D eigenvalue weighted by Crippen LogP contribution is 2.55. The number of methoxy groups -OCH3 is 1. The molecule has 1 aromatic rings. The first-order valence-electron chi connectivity index (χ1n) is 12.6. The number of amides is 4. The molecule has 0 spiro atoms. The lowest BCUT2D eigenvalue weighted by Crippen LogP contribution is -2.61. The highest BCUT2D eigenvalue weighted by Gasteiger charge is 2.51. The molecule has 0 heterocycles. The highest BCUT2D eigenvalue weighted by molar-refractivity contribution is 5.93. The summed E-state index contributed by atoms with van der Waals surface area (Å²) < 4.78 is 10.6. The molecule has 0 unspecified atom stereocenters.